The summed E-state index contributed by atoms with van der Waals surface area (Å²) in [6.45, 7) is 0. The summed E-state index contributed by atoms with van der Waals surface area (Å²) in [4.78, 5) is 11.4. The molecule has 1 heterocycles. The number of rotatable bonds is 4. The summed E-state index contributed by atoms with van der Waals surface area (Å²) in [5, 5.41) is 10.1. The second-order valence-corrected chi connectivity index (χ2v) is 5.35. The molecule has 0 bridgehead atoms. The molecule has 0 spiro atoms. The predicted molar refractivity (Wildman–Crippen MR) is 84.2 cm³/mol. The summed E-state index contributed by atoms with van der Waals surface area (Å²) in [5.41, 5.74) is 1.75. The summed E-state index contributed by atoms with van der Waals surface area (Å²) in [7, 11) is 3.11. The first-order valence-electron chi connectivity index (χ1n) is 7.33. The van der Waals surface area contributed by atoms with Gasteiger partial charge in [0.25, 0.3) is 0 Å². The number of fused-ring (bicyclic) bond motifs is 1. The molecule has 120 valence electrons. The first-order valence-corrected chi connectivity index (χ1v) is 7.33. The van der Waals surface area contributed by atoms with E-state index in [0.29, 0.717) is 29.8 Å². The Morgan fingerprint density at radius 2 is 2.00 bits per heavy atom. The average Bonchev–Trinajstić information content (AvgIpc) is 2.60. The second-order valence-electron chi connectivity index (χ2n) is 5.35. The lowest BCUT2D eigenvalue weighted by molar-refractivity contribution is 0.0275. The quantitative estimate of drug-likeness (QED) is 0.876. The van der Waals surface area contributed by atoms with Gasteiger partial charge in [0.2, 0.25) is 0 Å². The summed E-state index contributed by atoms with van der Waals surface area (Å²) in [6.07, 6.45) is 0.623. The zero-order valence-electron chi connectivity index (χ0n) is 13.0. The summed E-state index contributed by atoms with van der Waals surface area (Å²) in [6, 6.07) is 11.1. The molecule has 23 heavy (non-hydrogen) atoms. The minimum Gasteiger partial charge on any atom is -0.507 e. The fraction of sp³-hybridized carbons (Fsp3) is 0.278. The average molecular weight is 314 g/mol. The molecule has 3 rings (SSSR count). The van der Waals surface area contributed by atoms with E-state index >= 15 is 0 Å². The van der Waals surface area contributed by atoms with Crippen LogP contribution in [0, 0.1) is 0 Å². The topological polar surface area (TPSA) is 65.0 Å². The molecule has 5 nitrogen and oxygen atoms in total. The van der Waals surface area contributed by atoms with E-state index in [2.05, 4.69) is 0 Å². The molecular weight excluding hydrogens is 296 g/mol. The van der Waals surface area contributed by atoms with Gasteiger partial charge in [-0.05, 0) is 5.56 Å². The molecule has 2 aromatic carbocycles. The third kappa shape index (κ3) is 2.64. The van der Waals surface area contributed by atoms with E-state index in [1.54, 1.807) is 7.11 Å². The van der Waals surface area contributed by atoms with Crippen LogP contribution in [-0.2, 0) is 4.74 Å². The monoisotopic (exact) mass is 314 g/mol. The maximum atomic E-state index is 11.4. The highest BCUT2D eigenvalue weighted by molar-refractivity contribution is 5.86. The Morgan fingerprint density at radius 3 is 2.61 bits per heavy atom. The Kier molecular flexibility index (Phi) is 4.21. The van der Waals surface area contributed by atoms with Crippen LogP contribution >= 0.6 is 0 Å². The van der Waals surface area contributed by atoms with Gasteiger partial charge in [0, 0.05) is 19.6 Å². The van der Waals surface area contributed by atoms with Crippen LogP contribution < -0.4 is 9.47 Å². The van der Waals surface area contributed by atoms with Crippen LogP contribution in [0.3, 0.4) is 0 Å². The van der Waals surface area contributed by atoms with Crippen molar-refractivity contribution in [3.8, 4) is 17.2 Å². The lowest BCUT2D eigenvalue weighted by atomic mass is 9.92. The van der Waals surface area contributed by atoms with Gasteiger partial charge in [-0.25, -0.2) is 0 Å². The van der Waals surface area contributed by atoms with Crippen LogP contribution in [0.1, 0.15) is 40.1 Å². The summed E-state index contributed by atoms with van der Waals surface area (Å²) in [5.74, 6) is 0.601. The number of phenolic OH excluding ortho intramolecular Hbond substituents is 1. The van der Waals surface area contributed by atoms with Crippen molar-refractivity contribution in [1.29, 1.82) is 0 Å². The fourth-order valence-corrected chi connectivity index (χ4v) is 2.96. The Bertz CT molecular complexity index is 711. The molecule has 1 aliphatic rings. The molecule has 0 aliphatic carbocycles. The van der Waals surface area contributed by atoms with Gasteiger partial charge in [0.15, 0.2) is 6.29 Å². The normalized spacial score (nSPS) is 19.6. The van der Waals surface area contributed by atoms with E-state index in [-0.39, 0.29) is 23.5 Å². The van der Waals surface area contributed by atoms with Crippen LogP contribution in [0.4, 0.5) is 0 Å². The number of ether oxygens (including phenoxy) is 3. The Labute approximate surface area is 134 Å². The number of hydrogen-bond acceptors (Lipinski definition) is 5. The molecular formula is C18H18O5. The number of aromatic hydroxyl groups is 1. The third-order valence-corrected chi connectivity index (χ3v) is 4.10. The van der Waals surface area contributed by atoms with Crippen molar-refractivity contribution in [2.45, 2.75) is 18.6 Å². The molecule has 1 aliphatic heterocycles. The maximum absolute atomic E-state index is 11.4. The summed E-state index contributed by atoms with van der Waals surface area (Å²) < 4.78 is 17.0. The van der Waals surface area contributed by atoms with Gasteiger partial charge in [0.1, 0.15) is 23.4 Å². The van der Waals surface area contributed by atoms with Gasteiger partial charge in [-0.3, -0.25) is 4.79 Å². The number of hydrogen-bond donors (Lipinski definition) is 1. The molecule has 1 N–H and O–H groups in total. The Balaban J connectivity index is 2.14. The number of benzene rings is 2. The Morgan fingerprint density at radius 1 is 1.26 bits per heavy atom. The second kappa shape index (κ2) is 6.30. The first-order chi connectivity index (χ1) is 11.2. The molecule has 2 atom stereocenters. The SMILES string of the molecule is COc1cc(O)c(C=O)c2c1[C@H](OC)C[C@@H](c1ccccc1)O2. The van der Waals surface area contributed by atoms with E-state index in [1.165, 1.54) is 13.2 Å². The van der Waals surface area contributed by atoms with Gasteiger partial charge in [-0.1, -0.05) is 30.3 Å². The van der Waals surface area contributed by atoms with Crippen molar-refractivity contribution in [1.82, 2.24) is 0 Å². The number of phenols is 1. The van der Waals surface area contributed by atoms with E-state index in [4.69, 9.17) is 14.2 Å². The van der Waals surface area contributed by atoms with E-state index in [1.807, 2.05) is 30.3 Å². The highest BCUT2D eigenvalue weighted by Crippen LogP contribution is 2.50. The molecule has 0 radical (unpaired) electrons. The first kappa shape index (κ1) is 15.4. The molecule has 0 fully saturated rings. The number of carbonyl (C=O) groups is 1. The van der Waals surface area contributed by atoms with E-state index in [0.717, 1.165) is 5.56 Å². The third-order valence-electron chi connectivity index (χ3n) is 4.10. The Hall–Kier alpha value is -2.53. The number of methoxy groups -OCH3 is 2. The van der Waals surface area contributed by atoms with E-state index in [9.17, 15) is 9.90 Å². The zero-order valence-corrected chi connectivity index (χ0v) is 13.0. The molecule has 2 aromatic rings. The largest absolute Gasteiger partial charge is 0.507 e. The highest BCUT2D eigenvalue weighted by atomic mass is 16.5. The van der Waals surface area contributed by atoms with Gasteiger partial charge in [-0.15, -0.1) is 0 Å². The fourth-order valence-electron chi connectivity index (χ4n) is 2.96. The van der Waals surface area contributed by atoms with Gasteiger partial charge in [0.05, 0.1) is 24.3 Å². The van der Waals surface area contributed by atoms with E-state index < -0.39 is 0 Å². The molecule has 5 heteroatoms. The lowest BCUT2D eigenvalue weighted by Gasteiger charge is -2.33. The van der Waals surface area contributed by atoms with Gasteiger partial charge < -0.3 is 19.3 Å². The highest BCUT2D eigenvalue weighted by Gasteiger charge is 2.35. The van der Waals surface area contributed by atoms with Crippen molar-refractivity contribution < 1.29 is 24.1 Å². The van der Waals surface area contributed by atoms with Crippen LogP contribution in [0.25, 0.3) is 0 Å². The summed E-state index contributed by atoms with van der Waals surface area (Å²) >= 11 is 0. The minimum atomic E-state index is -0.293. The molecule has 0 amide bonds. The zero-order chi connectivity index (χ0) is 16.4. The van der Waals surface area contributed by atoms with Crippen molar-refractivity contribution >= 4 is 6.29 Å². The van der Waals surface area contributed by atoms with Crippen molar-refractivity contribution in [2.75, 3.05) is 14.2 Å². The van der Waals surface area contributed by atoms with Crippen molar-refractivity contribution in [3.05, 3.63) is 53.1 Å². The smallest absolute Gasteiger partial charge is 0.157 e. The predicted octanol–water partition coefficient (Wildman–Crippen LogP) is 3.42. The van der Waals surface area contributed by atoms with Gasteiger partial charge >= 0.3 is 0 Å². The van der Waals surface area contributed by atoms with Crippen molar-refractivity contribution in [2.24, 2.45) is 0 Å². The molecule has 0 saturated heterocycles. The maximum Gasteiger partial charge on any atom is 0.157 e. The standard InChI is InChI=1S/C18H18O5/c1-21-15-8-13(20)12(10-19)18-17(15)16(22-2)9-14(23-18)11-6-4-3-5-7-11/h3-8,10,14,16,20H,9H2,1-2H3/t14-,16+/m0/s1. The van der Waals surface area contributed by atoms with Gasteiger partial charge in [-0.2, -0.15) is 0 Å². The molecule has 0 aromatic heterocycles. The number of aldehydes is 1. The molecule has 0 unspecified atom stereocenters. The van der Waals surface area contributed by atoms with Crippen LogP contribution in [0.15, 0.2) is 36.4 Å². The van der Waals surface area contributed by atoms with Crippen LogP contribution in [0.2, 0.25) is 0 Å². The molecule has 0 saturated carbocycles. The number of carbonyl (C=O) groups excluding carboxylic acids is 1. The van der Waals surface area contributed by atoms with Crippen LogP contribution in [0.5, 0.6) is 17.2 Å². The van der Waals surface area contributed by atoms with Crippen LogP contribution in [-0.4, -0.2) is 25.6 Å². The van der Waals surface area contributed by atoms with Crippen molar-refractivity contribution in [3.63, 3.8) is 0 Å². The lowest BCUT2D eigenvalue weighted by Crippen LogP contribution is -2.22. The minimum absolute atomic E-state index is 0.114.